The van der Waals surface area contributed by atoms with Gasteiger partial charge in [-0.25, -0.2) is 4.79 Å². The summed E-state index contributed by atoms with van der Waals surface area (Å²) in [7, 11) is 0. The first-order valence-corrected chi connectivity index (χ1v) is 6.35. The van der Waals surface area contributed by atoms with Crippen molar-refractivity contribution in [3.63, 3.8) is 0 Å². The molecule has 0 saturated carbocycles. The first kappa shape index (κ1) is 13.0. The molecule has 1 aromatic rings. The van der Waals surface area contributed by atoms with E-state index in [0.717, 1.165) is 19.4 Å². The van der Waals surface area contributed by atoms with E-state index in [0.29, 0.717) is 12.4 Å². The van der Waals surface area contributed by atoms with Crippen LogP contribution >= 0.6 is 0 Å². The van der Waals surface area contributed by atoms with Crippen LogP contribution in [-0.2, 0) is 9.47 Å². The number of hydrogen-bond acceptors (Lipinski definition) is 5. The van der Waals surface area contributed by atoms with E-state index in [4.69, 9.17) is 9.47 Å². The molecule has 1 fully saturated rings. The molecule has 2 atom stereocenters. The average molecular weight is 253 g/mol. The van der Waals surface area contributed by atoms with Crippen molar-refractivity contribution in [2.75, 3.05) is 13.2 Å². The van der Waals surface area contributed by atoms with Gasteiger partial charge in [-0.1, -0.05) is 0 Å². The van der Waals surface area contributed by atoms with Gasteiger partial charge in [-0.2, -0.15) is 0 Å². The van der Waals surface area contributed by atoms with Crippen molar-refractivity contribution < 1.29 is 14.3 Å². The molecule has 0 spiro atoms. The van der Waals surface area contributed by atoms with Crippen LogP contribution in [0, 0.1) is 6.92 Å². The maximum Gasteiger partial charge on any atom is 0.376 e. The van der Waals surface area contributed by atoms with Crippen LogP contribution in [0.15, 0.2) is 0 Å². The van der Waals surface area contributed by atoms with Crippen molar-refractivity contribution >= 4 is 5.97 Å². The molecule has 0 radical (unpaired) electrons. The molecule has 1 aliphatic rings. The second-order valence-corrected chi connectivity index (χ2v) is 4.45. The van der Waals surface area contributed by atoms with Gasteiger partial charge in [0.05, 0.1) is 18.8 Å². The summed E-state index contributed by atoms with van der Waals surface area (Å²) in [6.07, 6.45) is 2.18. The maximum absolute atomic E-state index is 11.8. The molecule has 1 saturated heterocycles. The predicted molar refractivity (Wildman–Crippen MR) is 64.4 cm³/mol. The van der Waals surface area contributed by atoms with Crippen molar-refractivity contribution in [3.05, 3.63) is 11.6 Å². The van der Waals surface area contributed by atoms with Gasteiger partial charge in [0.25, 0.3) is 0 Å². The van der Waals surface area contributed by atoms with Crippen molar-refractivity contribution in [3.8, 4) is 0 Å². The Bertz CT molecular complexity index is 424. The van der Waals surface area contributed by atoms with Crippen LogP contribution in [0.3, 0.4) is 0 Å². The minimum Gasteiger partial charge on any atom is -0.460 e. The highest BCUT2D eigenvalue weighted by Gasteiger charge is 2.29. The minimum atomic E-state index is -0.428. The molecule has 0 N–H and O–H groups in total. The second-order valence-electron chi connectivity index (χ2n) is 4.45. The Morgan fingerprint density at radius 1 is 1.61 bits per heavy atom. The molecule has 18 heavy (non-hydrogen) atoms. The minimum absolute atomic E-state index is 0.0434. The van der Waals surface area contributed by atoms with Gasteiger partial charge in [-0.15, -0.1) is 10.2 Å². The van der Waals surface area contributed by atoms with Crippen LogP contribution in [0.5, 0.6) is 0 Å². The summed E-state index contributed by atoms with van der Waals surface area (Å²) in [5, 5.41) is 7.88. The number of nitrogens with zero attached hydrogens (tertiary/aromatic N) is 3. The molecule has 1 aliphatic heterocycles. The Balaban J connectivity index is 2.25. The Labute approximate surface area is 106 Å². The first-order chi connectivity index (χ1) is 8.65. The third-order valence-electron chi connectivity index (χ3n) is 3.23. The van der Waals surface area contributed by atoms with E-state index in [-0.39, 0.29) is 18.0 Å². The molecule has 2 rings (SSSR count). The number of hydrogen-bond donors (Lipinski definition) is 0. The summed E-state index contributed by atoms with van der Waals surface area (Å²) >= 11 is 0. The molecule has 1 aromatic heterocycles. The highest BCUT2D eigenvalue weighted by molar-refractivity contribution is 5.85. The number of aromatic nitrogens is 3. The van der Waals surface area contributed by atoms with Gasteiger partial charge >= 0.3 is 5.97 Å². The van der Waals surface area contributed by atoms with Crippen LogP contribution in [0.25, 0.3) is 0 Å². The summed E-state index contributed by atoms with van der Waals surface area (Å²) < 4.78 is 12.5. The zero-order valence-electron chi connectivity index (χ0n) is 11.0. The number of ether oxygens (including phenoxy) is 2. The maximum atomic E-state index is 11.8. The third-order valence-corrected chi connectivity index (χ3v) is 3.23. The van der Waals surface area contributed by atoms with E-state index in [2.05, 4.69) is 10.2 Å². The molecule has 0 aliphatic carbocycles. The number of carbonyl (C=O) groups is 1. The lowest BCUT2D eigenvalue weighted by Gasteiger charge is -2.22. The van der Waals surface area contributed by atoms with E-state index in [9.17, 15) is 4.79 Å². The van der Waals surface area contributed by atoms with Gasteiger partial charge < -0.3 is 14.0 Å². The molecule has 0 amide bonds. The molecule has 2 unspecified atom stereocenters. The van der Waals surface area contributed by atoms with Crippen LogP contribution in [0.1, 0.15) is 49.2 Å². The van der Waals surface area contributed by atoms with Crippen LogP contribution in [-0.4, -0.2) is 40.1 Å². The number of carbonyl (C=O) groups excluding carboxylic acids is 1. The molecule has 6 heteroatoms. The number of esters is 1. The lowest BCUT2D eigenvalue weighted by molar-refractivity contribution is 0.0473. The van der Waals surface area contributed by atoms with E-state index in [1.54, 1.807) is 6.92 Å². The Morgan fingerprint density at radius 2 is 2.39 bits per heavy atom. The highest BCUT2D eigenvalue weighted by atomic mass is 16.5. The van der Waals surface area contributed by atoms with Gasteiger partial charge in [0, 0.05) is 6.61 Å². The molecule has 0 aromatic carbocycles. The molecule has 0 bridgehead atoms. The topological polar surface area (TPSA) is 66.2 Å². The third kappa shape index (κ3) is 2.38. The summed E-state index contributed by atoms with van der Waals surface area (Å²) in [6.45, 7) is 6.75. The van der Waals surface area contributed by atoms with Gasteiger partial charge in [0.1, 0.15) is 5.82 Å². The fourth-order valence-electron chi connectivity index (χ4n) is 2.34. The number of rotatable bonds is 4. The molecule has 100 valence electrons. The SMILES string of the molecule is CCOC(=O)c1nnc(C)n1C(C)C1CCCO1. The highest BCUT2D eigenvalue weighted by Crippen LogP contribution is 2.26. The van der Waals surface area contributed by atoms with Crippen molar-refractivity contribution in [1.29, 1.82) is 0 Å². The van der Waals surface area contributed by atoms with Crippen molar-refractivity contribution in [2.45, 2.75) is 45.8 Å². The van der Waals surface area contributed by atoms with Crippen LogP contribution in [0.4, 0.5) is 0 Å². The van der Waals surface area contributed by atoms with Gasteiger partial charge in [0.15, 0.2) is 0 Å². The number of aryl methyl sites for hydroxylation is 1. The van der Waals surface area contributed by atoms with E-state index < -0.39 is 5.97 Å². The van der Waals surface area contributed by atoms with Crippen LogP contribution in [0.2, 0.25) is 0 Å². The summed E-state index contributed by atoms with van der Waals surface area (Å²) in [6, 6.07) is 0.0434. The Hall–Kier alpha value is -1.43. The lowest BCUT2D eigenvalue weighted by Crippen LogP contribution is -2.25. The fraction of sp³-hybridized carbons (Fsp3) is 0.750. The lowest BCUT2D eigenvalue weighted by atomic mass is 10.1. The zero-order chi connectivity index (χ0) is 13.1. The standard InChI is InChI=1S/C12H19N3O3/c1-4-17-12(16)11-14-13-9(3)15(11)8(2)10-6-5-7-18-10/h8,10H,4-7H2,1-3H3. The second kappa shape index (κ2) is 5.48. The molecule has 6 nitrogen and oxygen atoms in total. The van der Waals surface area contributed by atoms with E-state index in [1.807, 2.05) is 18.4 Å². The van der Waals surface area contributed by atoms with Gasteiger partial charge in [-0.05, 0) is 33.6 Å². The zero-order valence-corrected chi connectivity index (χ0v) is 11.0. The molecular formula is C12H19N3O3. The normalized spacial score (nSPS) is 20.9. The quantitative estimate of drug-likeness (QED) is 0.761. The Kier molecular flexibility index (Phi) is 3.96. The fourth-order valence-corrected chi connectivity index (χ4v) is 2.34. The van der Waals surface area contributed by atoms with Crippen molar-refractivity contribution in [2.24, 2.45) is 0 Å². The Morgan fingerprint density at radius 3 is 3.00 bits per heavy atom. The van der Waals surface area contributed by atoms with Crippen LogP contribution < -0.4 is 0 Å². The molecular weight excluding hydrogens is 234 g/mol. The monoisotopic (exact) mass is 253 g/mol. The summed E-state index contributed by atoms with van der Waals surface area (Å²) in [5.41, 5.74) is 0. The van der Waals surface area contributed by atoms with Crippen molar-refractivity contribution in [1.82, 2.24) is 14.8 Å². The van der Waals surface area contributed by atoms with Gasteiger partial charge in [-0.3, -0.25) is 0 Å². The predicted octanol–water partition coefficient (Wildman–Crippen LogP) is 1.50. The summed E-state index contributed by atoms with van der Waals surface area (Å²) in [4.78, 5) is 11.8. The summed E-state index contributed by atoms with van der Waals surface area (Å²) in [5.74, 6) is 0.543. The first-order valence-electron chi connectivity index (χ1n) is 6.35. The van der Waals surface area contributed by atoms with E-state index >= 15 is 0 Å². The average Bonchev–Trinajstić information content (AvgIpc) is 2.97. The largest absolute Gasteiger partial charge is 0.460 e. The van der Waals surface area contributed by atoms with Gasteiger partial charge in [0.2, 0.25) is 5.82 Å². The van der Waals surface area contributed by atoms with E-state index in [1.165, 1.54) is 0 Å². The smallest absolute Gasteiger partial charge is 0.376 e. The molecule has 2 heterocycles.